The Bertz CT molecular complexity index is 502. The van der Waals surface area contributed by atoms with E-state index in [9.17, 15) is 0 Å². The fourth-order valence-corrected chi connectivity index (χ4v) is 3.00. The molecular formula is C13H14BrNS. The average Bonchev–Trinajstić information content (AvgIpc) is 2.70. The van der Waals surface area contributed by atoms with Crippen LogP contribution in [0, 0.1) is 6.92 Å². The molecule has 84 valence electrons. The maximum Gasteiger partial charge on any atom is 0.0361 e. The van der Waals surface area contributed by atoms with Gasteiger partial charge in [0.2, 0.25) is 0 Å². The highest BCUT2D eigenvalue weighted by Gasteiger charge is 2.08. The van der Waals surface area contributed by atoms with Crippen molar-refractivity contribution in [1.82, 2.24) is 0 Å². The van der Waals surface area contributed by atoms with E-state index >= 15 is 0 Å². The highest BCUT2D eigenvalue weighted by Crippen LogP contribution is 2.34. The molecule has 0 saturated heterocycles. The summed E-state index contributed by atoms with van der Waals surface area (Å²) in [6.45, 7) is 4.15. The molecule has 3 heteroatoms. The molecule has 1 aromatic carbocycles. The second kappa shape index (κ2) is 4.70. The van der Waals surface area contributed by atoms with E-state index in [1.807, 2.05) is 6.92 Å². The van der Waals surface area contributed by atoms with Gasteiger partial charge in [-0.2, -0.15) is 0 Å². The minimum atomic E-state index is 0.117. The summed E-state index contributed by atoms with van der Waals surface area (Å²) in [4.78, 5) is 2.51. The highest BCUT2D eigenvalue weighted by atomic mass is 79.9. The van der Waals surface area contributed by atoms with Crippen LogP contribution < -0.4 is 5.73 Å². The van der Waals surface area contributed by atoms with Crippen LogP contribution in [0.1, 0.15) is 23.4 Å². The van der Waals surface area contributed by atoms with Crippen LogP contribution in [0.15, 0.2) is 34.8 Å². The van der Waals surface area contributed by atoms with E-state index in [4.69, 9.17) is 5.73 Å². The Morgan fingerprint density at radius 1 is 1.25 bits per heavy atom. The topological polar surface area (TPSA) is 26.0 Å². The molecule has 0 saturated carbocycles. The Hall–Kier alpha value is -0.640. The molecule has 1 nitrogen and oxygen atoms in total. The smallest absolute Gasteiger partial charge is 0.0361 e. The molecule has 1 unspecified atom stereocenters. The highest BCUT2D eigenvalue weighted by molar-refractivity contribution is 9.10. The number of hydrogen-bond acceptors (Lipinski definition) is 2. The van der Waals surface area contributed by atoms with Gasteiger partial charge in [0.1, 0.15) is 0 Å². The van der Waals surface area contributed by atoms with E-state index < -0.39 is 0 Å². The van der Waals surface area contributed by atoms with E-state index in [0.717, 1.165) is 4.47 Å². The standard InChI is InChI=1S/C13H14BrNS/c1-8-3-4-10(14)7-11(8)13-6-5-12(16-13)9(2)15/h3-7,9H,15H2,1-2H3. The van der Waals surface area contributed by atoms with E-state index in [-0.39, 0.29) is 6.04 Å². The summed E-state index contributed by atoms with van der Waals surface area (Å²) in [5.74, 6) is 0. The van der Waals surface area contributed by atoms with Gasteiger partial charge in [0.15, 0.2) is 0 Å². The first-order chi connectivity index (χ1) is 7.58. The fraction of sp³-hybridized carbons (Fsp3) is 0.231. The summed E-state index contributed by atoms with van der Waals surface area (Å²) in [5.41, 5.74) is 8.45. The second-order valence-electron chi connectivity index (χ2n) is 3.95. The van der Waals surface area contributed by atoms with E-state index in [1.165, 1.54) is 20.9 Å². The zero-order valence-electron chi connectivity index (χ0n) is 9.33. The largest absolute Gasteiger partial charge is 0.324 e. The lowest BCUT2D eigenvalue weighted by Gasteiger charge is -2.04. The van der Waals surface area contributed by atoms with Gasteiger partial charge in [-0.3, -0.25) is 0 Å². The van der Waals surface area contributed by atoms with Crippen molar-refractivity contribution in [3.8, 4) is 10.4 Å². The molecule has 1 heterocycles. The monoisotopic (exact) mass is 295 g/mol. The van der Waals surface area contributed by atoms with Crippen LogP contribution in [-0.4, -0.2) is 0 Å². The van der Waals surface area contributed by atoms with E-state index in [1.54, 1.807) is 11.3 Å². The summed E-state index contributed by atoms with van der Waals surface area (Å²) < 4.78 is 1.11. The van der Waals surface area contributed by atoms with Crippen LogP contribution in [0.4, 0.5) is 0 Å². The first kappa shape index (κ1) is 11.8. The van der Waals surface area contributed by atoms with Gasteiger partial charge < -0.3 is 5.73 Å². The summed E-state index contributed by atoms with van der Waals surface area (Å²) >= 11 is 5.28. The molecule has 0 aliphatic heterocycles. The Balaban J connectivity index is 2.46. The van der Waals surface area contributed by atoms with Crippen molar-refractivity contribution in [2.24, 2.45) is 5.73 Å². The fourth-order valence-electron chi connectivity index (χ4n) is 1.60. The van der Waals surface area contributed by atoms with Gasteiger partial charge in [0, 0.05) is 20.3 Å². The van der Waals surface area contributed by atoms with Gasteiger partial charge in [-0.15, -0.1) is 11.3 Å². The Labute approximate surface area is 108 Å². The van der Waals surface area contributed by atoms with Gasteiger partial charge in [-0.25, -0.2) is 0 Å². The van der Waals surface area contributed by atoms with Crippen LogP contribution in [0.2, 0.25) is 0 Å². The maximum atomic E-state index is 5.87. The Morgan fingerprint density at radius 3 is 2.62 bits per heavy atom. The van der Waals surface area contributed by atoms with Gasteiger partial charge in [0.25, 0.3) is 0 Å². The molecule has 2 aromatic rings. The summed E-state index contributed by atoms with van der Waals surface area (Å²) in [6, 6.07) is 10.7. The minimum Gasteiger partial charge on any atom is -0.324 e. The lowest BCUT2D eigenvalue weighted by Crippen LogP contribution is -2.01. The van der Waals surface area contributed by atoms with Crippen LogP contribution in [-0.2, 0) is 0 Å². The van der Waals surface area contributed by atoms with Crippen molar-refractivity contribution in [2.75, 3.05) is 0 Å². The number of hydrogen-bond donors (Lipinski definition) is 1. The quantitative estimate of drug-likeness (QED) is 0.867. The normalized spacial score (nSPS) is 12.8. The van der Waals surface area contributed by atoms with Crippen molar-refractivity contribution in [3.05, 3.63) is 45.2 Å². The first-order valence-electron chi connectivity index (χ1n) is 5.20. The third kappa shape index (κ3) is 2.37. The zero-order valence-corrected chi connectivity index (χ0v) is 11.7. The van der Waals surface area contributed by atoms with Crippen molar-refractivity contribution >= 4 is 27.3 Å². The Morgan fingerprint density at radius 2 is 2.00 bits per heavy atom. The average molecular weight is 296 g/mol. The number of benzene rings is 1. The molecule has 0 radical (unpaired) electrons. The number of rotatable bonds is 2. The van der Waals surface area contributed by atoms with Crippen LogP contribution in [0.3, 0.4) is 0 Å². The van der Waals surface area contributed by atoms with Crippen molar-refractivity contribution < 1.29 is 0 Å². The molecule has 16 heavy (non-hydrogen) atoms. The predicted octanol–water partition coefficient (Wildman–Crippen LogP) is 4.51. The third-order valence-electron chi connectivity index (χ3n) is 2.54. The van der Waals surface area contributed by atoms with E-state index in [2.05, 4.69) is 53.2 Å². The Kier molecular flexibility index (Phi) is 3.47. The maximum absolute atomic E-state index is 5.87. The summed E-state index contributed by atoms with van der Waals surface area (Å²) in [6.07, 6.45) is 0. The molecule has 1 aromatic heterocycles. The van der Waals surface area contributed by atoms with E-state index in [0.29, 0.717) is 0 Å². The first-order valence-corrected chi connectivity index (χ1v) is 6.80. The lowest BCUT2D eigenvalue weighted by atomic mass is 10.1. The summed E-state index contributed by atoms with van der Waals surface area (Å²) in [5, 5.41) is 0. The molecule has 2 N–H and O–H groups in total. The van der Waals surface area contributed by atoms with Gasteiger partial charge in [-0.1, -0.05) is 22.0 Å². The van der Waals surface area contributed by atoms with Gasteiger partial charge in [0.05, 0.1) is 0 Å². The number of aryl methyl sites for hydroxylation is 1. The molecule has 0 amide bonds. The zero-order chi connectivity index (χ0) is 11.7. The van der Waals surface area contributed by atoms with Crippen molar-refractivity contribution in [3.63, 3.8) is 0 Å². The number of thiophene rings is 1. The molecule has 0 aliphatic rings. The van der Waals surface area contributed by atoms with Crippen LogP contribution >= 0.6 is 27.3 Å². The SMILES string of the molecule is Cc1ccc(Br)cc1-c1ccc(C(C)N)s1. The predicted molar refractivity (Wildman–Crippen MR) is 74.8 cm³/mol. The molecule has 0 fully saturated rings. The molecule has 0 spiro atoms. The molecular weight excluding hydrogens is 282 g/mol. The number of nitrogens with two attached hydrogens (primary N) is 1. The minimum absolute atomic E-state index is 0.117. The molecule has 0 aliphatic carbocycles. The molecule has 0 bridgehead atoms. The van der Waals surface area contributed by atoms with Crippen LogP contribution in [0.25, 0.3) is 10.4 Å². The second-order valence-corrected chi connectivity index (χ2v) is 5.98. The molecule has 2 rings (SSSR count). The molecule has 1 atom stereocenters. The van der Waals surface area contributed by atoms with Gasteiger partial charge >= 0.3 is 0 Å². The number of halogens is 1. The van der Waals surface area contributed by atoms with Crippen molar-refractivity contribution in [2.45, 2.75) is 19.9 Å². The van der Waals surface area contributed by atoms with Crippen LogP contribution in [0.5, 0.6) is 0 Å². The lowest BCUT2D eigenvalue weighted by molar-refractivity contribution is 0.838. The van der Waals surface area contributed by atoms with Crippen molar-refractivity contribution in [1.29, 1.82) is 0 Å². The summed E-state index contributed by atoms with van der Waals surface area (Å²) in [7, 11) is 0. The van der Waals surface area contributed by atoms with Gasteiger partial charge in [-0.05, 0) is 49.2 Å². The third-order valence-corrected chi connectivity index (χ3v) is 4.35.